The SMILES string of the molecule is Cc1ccc(C(=O)c2cccc3ccsc23)cc1Br. The molecular weight excluding hydrogens is 320 g/mol. The minimum absolute atomic E-state index is 0.0775. The molecule has 0 bridgehead atoms. The zero-order valence-corrected chi connectivity index (χ0v) is 12.7. The van der Waals surface area contributed by atoms with Crippen molar-refractivity contribution in [1.29, 1.82) is 0 Å². The normalized spacial score (nSPS) is 10.8. The van der Waals surface area contributed by atoms with Crippen LogP contribution in [0.5, 0.6) is 0 Å². The maximum atomic E-state index is 12.6. The molecule has 0 radical (unpaired) electrons. The predicted molar refractivity (Wildman–Crippen MR) is 84.1 cm³/mol. The molecule has 0 saturated heterocycles. The Hall–Kier alpha value is -1.45. The molecule has 94 valence electrons. The van der Waals surface area contributed by atoms with Gasteiger partial charge >= 0.3 is 0 Å². The van der Waals surface area contributed by atoms with Crippen LogP contribution in [-0.4, -0.2) is 5.78 Å². The lowest BCUT2D eigenvalue weighted by atomic mass is 10.0. The van der Waals surface area contributed by atoms with Gasteiger partial charge in [0.05, 0.1) is 0 Å². The van der Waals surface area contributed by atoms with Crippen LogP contribution in [0.3, 0.4) is 0 Å². The number of fused-ring (bicyclic) bond motifs is 1. The first-order valence-electron chi connectivity index (χ1n) is 5.94. The van der Waals surface area contributed by atoms with E-state index in [0.29, 0.717) is 0 Å². The number of benzene rings is 2. The topological polar surface area (TPSA) is 17.1 Å². The molecule has 0 spiro atoms. The van der Waals surface area contributed by atoms with E-state index in [9.17, 15) is 4.79 Å². The lowest BCUT2D eigenvalue weighted by Gasteiger charge is -2.05. The summed E-state index contributed by atoms with van der Waals surface area (Å²) in [6, 6.07) is 13.7. The molecule has 3 rings (SSSR count). The highest BCUT2D eigenvalue weighted by molar-refractivity contribution is 9.10. The molecule has 0 amide bonds. The summed E-state index contributed by atoms with van der Waals surface area (Å²) in [6.07, 6.45) is 0. The minimum Gasteiger partial charge on any atom is -0.289 e. The first-order chi connectivity index (χ1) is 9.16. The van der Waals surface area contributed by atoms with Gasteiger partial charge in [-0.1, -0.05) is 40.2 Å². The largest absolute Gasteiger partial charge is 0.289 e. The molecule has 0 saturated carbocycles. The number of ketones is 1. The molecule has 19 heavy (non-hydrogen) atoms. The second kappa shape index (κ2) is 4.91. The Balaban J connectivity index is 2.13. The lowest BCUT2D eigenvalue weighted by Crippen LogP contribution is -2.01. The van der Waals surface area contributed by atoms with Gasteiger partial charge in [0, 0.05) is 20.3 Å². The van der Waals surface area contributed by atoms with E-state index >= 15 is 0 Å². The summed E-state index contributed by atoms with van der Waals surface area (Å²) in [5.74, 6) is 0.0775. The van der Waals surface area contributed by atoms with Crippen LogP contribution in [0.2, 0.25) is 0 Å². The van der Waals surface area contributed by atoms with E-state index in [4.69, 9.17) is 0 Å². The van der Waals surface area contributed by atoms with Gasteiger partial charge in [-0.15, -0.1) is 11.3 Å². The van der Waals surface area contributed by atoms with E-state index in [0.717, 1.165) is 31.2 Å². The number of aryl methyl sites for hydroxylation is 1. The number of hydrogen-bond donors (Lipinski definition) is 0. The Morgan fingerprint density at radius 2 is 2.00 bits per heavy atom. The van der Waals surface area contributed by atoms with Crippen LogP contribution in [0, 0.1) is 6.92 Å². The number of carbonyl (C=O) groups is 1. The van der Waals surface area contributed by atoms with Gasteiger partial charge in [-0.3, -0.25) is 4.79 Å². The Morgan fingerprint density at radius 1 is 1.16 bits per heavy atom. The van der Waals surface area contributed by atoms with Crippen LogP contribution < -0.4 is 0 Å². The van der Waals surface area contributed by atoms with Crippen LogP contribution in [-0.2, 0) is 0 Å². The molecule has 0 unspecified atom stereocenters. The predicted octanol–water partition coefficient (Wildman–Crippen LogP) is 5.20. The van der Waals surface area contributed by atoms with Crippen LogP contribution in [0.15, 0.2) is 52.3 Å². The van der Waals surface area contributed by atoms with Gasteiger partial charge in [0.1, 0.15) is 0 Å². The molecule has 0 fully saturated rings. The van der Waals surface area contributed by atoms with Crippen LogP contribution in [0.1, 0.15) is 21.5 Å². The van der Waals surface area contributed by atoms with Crippen molar-refractivity contribution in [3.8, 4) is 0 Å². The number of thiophene rings is 1. The van der Waals surface area contributed by atoms with Crippen LogP contribution >= 0.6 is 27.3 Å². The van der Waals surface area contributed by atoms with Crippen molar-refractivity contribution < 1.29 is 4.79 Å². The van der Waals surface area contributed by atoms with E-state index in [1.54, 1.807) is 11.3 Å². The van der Waals surface area contributed by atoms with Crippen molar-refractivity contribution in [2.24, 2.45) is 0 Å². The Kier molecular flexibility index (Phi) is 3.25. The lowest BCUT2D eigenvalue weighted by molar-refractivity contribution is 0.104. The fourth-order valence-corrected chi connectivity index (χ4v) is 3.35. The van der Waals surface area contributed by atoms with Crippen molar-refractivity contribution in [3.63, 3.8) is 0 Å². The third kappa shape index (κ3) is 2.24. The third-order valence-electron chi connectivity index (χ3n) is 3.16. The monoisotopic (exact) mass is 330 g/mol. The van der Waals surface area contributed by atoms with Crippen LogP contribution in [0.25, 0.3) is 10.1 Å². The average molecular weight is 331 g/mol. The van der Waals surface area contributed by atoms with Gasteiger partial charge < -0.3 is 0 Å². The molecule has 1 aromatic heterocycles. The standard InChI is InChI=1S/C16H11BrOS/c1-10-5-6-12(9-14(10)17)15(18)13-4-2-3-11-7-8-19-16(11)13/h2-9H,1H3. The second-order valence-corrected chi connectivity index (χ2v) is 6.21. The summed E-state index contributed by atoms with van der Waals surface area (Å²) < 4.78 is 2.03. The van der Waals surface area contributed by atoms with Crippen molar-refractivity contribution in [3.05, 3.63) is 69.0 Å². The highest BCUT2D eigenvalue weighted by atomic mass is 79.9. The Labute approximate surface area is 124 Å². The van der Waals surface area contributed by atoms with Crippen molar-refractivity contribution >= 4 is 43.1 Å². The fraction of sp³-hybridized carbons (Fsp3) is 0.0625. The van der Waals surface area contributed by atoms with E-state index < -0.39 is 0 Å². The van der Waals surface area contributed by atoms with Gasteiger partial charge in [-0.05, 0) is 41.5 Å². The average Bonchev–Trinajstić information content (AvgIpc) is 2.89. The van der Waals surface area contributed by atoms with E-state index in [1.165, 1.54) is 0 Å². The van der Waals surface area contributed by atoms with Crippen molar-refractivity contribution in [2.45, 2.75) is 6.92 Å². The second-order valence-electron chi connectivity index (χ2n) is 4.44. The van der Waals surface area contributed by atoms with Gasteiger partial charge in [0.2, 0.25) is 0 Å². The summed E-state index contributed by atoms with van der Waals surface area (Å²) in [6.45, 7) is 2.01. The number of hydrogen-bond acceptors (Lipinski definition) is 2. The highest BCUT2D eigenvalue weighted by Crippen LogP contribution is 2.27. The summed E-state index contributed by atoms with van der Waals surface area (Å²) in [7, 11) is 0. The summed E-state index contributed by atoms with van der Waals surface area (Å²) in [5.41, 5.74) is 2.63. The first-order valence-corrected chi connectivity index (χ1v) is 7.61. The molecule has 0 aliphatic heterocycles. The molecular formula is C16H11BrOS. The third-order valence-corrected chi connectivity index (χ3v) is 4.98. The molecule has 0 aliphatic carbocycles. The molecule has 0 atom stereocenters. The van der Waals surface area contributed by atoms with Crippen molar-refractivity contribution in [1.82, 2.24) is 0 Å². The van der Waals surface area contributed by atoms with Gasteiger partial charge in [0.25, 0.3) is 0 Å². The molecule has 2 aromatic carbocycles. The summed E-state index contributed by atoms with van der Waals surface area (Å²) in [5, 5.41) is 3.15. The summed E-state index contributed by atoms with van der Waals surface area (Å²) >= 11 is 5.09. The zero-order valence-electron chi connectivity index (χ0n) is 10.3. The number of halogens is 1. The van der Waals surface area contributed by atoms with Gasteiger partial charge in [0.15, 0.2) is 5.78 Å². The smallest absolute Gasteiger partial charge is 0.194 e. The number of rotatable bonds is 2. The fourth-order valence-electron chi connectivity index (χ4n) is 2.06. The molecule has 0 aliphatic rings. The molecule has 3 heteroatoms. The van der Waals surface area contributed by atoms with E-state index in [2.05, 4.69) is 15.9 Å². The van der Waals surface area contributed by atoms with Gasteiger partial charge in [-0.25, -0.2) is 0 Å². The first kappa shape index (κ1) is 12.6. The Bertz CT molecular complexity index is 773. The zero-order chi connectivity index (χ0) is 13.4. The van der Waals surface area contributed by atoms with Crippen LogP contribution in [0.4, 0.5) is 0 Å². The maximum Gasteiger partial charge on any atom is 0.194 e. The molecule has 3 aromatic rings. The number of carbonyl (C=O) groups excluding carboxylic acids is 1. The molecule has 0 N–H and O–H groups in total. The highest BCUT2D eigenvalue weighted by Gasteiger charge is 2.13. The minimum atomic E-state index is 0.0775. The molecule has 1 heterocycles. The quantitative estimate of drug-likeness (QED) is 0.590. The molecule has 1 nitrogen and oxygen atoms in total. The maximum absolute atomic E-state index is 12.6. The van der Waals surface area contributed by atoms with Crippen molar-refractivity contribution in [2.75, 3.05) is 0 Å². The van der Waals surface area contributed by atoms with Gasteiger partial charge in [-0.2, -0.15) is 0 Å². The Morgan fingerprint density at radius 3 is 2.79 bits per heavy atom. The van der Waals surface area contributed by atoms with E-state index in [1.807, 2.05) is 54.8 Å². The van der Waals surface area contributed by atoms with E-state index in [-0.39, 0.29) is 5.78 Å². The summed E-state index contributed by atoms with van der Waals surface area (Å²) in [4.78, 5) is 12.6.